The molecular formula is C8H22B5NO2. The van der Waals surface area contributed by atoms with Crippen molar-refractivity contribution in [1.29, 1.82) is 0 Å². The smallest absolute Gasteiger partial charge is 0.293 e. The molecule has 0 aliphatic carbocycles. The summed E-state index contributed by atoms with van der Waals surface area (Å²) in [6, 6.07) is 0. The maximum Gasteiger partial charge on any atom is 0.293 e. The predicted molar refractivity (Wildman–Crippen MR) is 82.0 cm³/mol. The number of nitrogens with zero attached hydrogens (tertiary/aromatic N) is 1. The topological polar surface area (TPSA) is 40.5 Å². The van der Waals surface area contributed by atoms with Gasteiger partial charge in [0, 0.05) is 10.8 Å². The normalized spacial score (nSPS) is 14.0. The van der Waals surface area contributed by atoms with Gasteiger partial charge in [0.2, 0.25) is 0 Å². The Hall–Kier alpha value is -0.245. The molecule has 0 saturated heterocycles. The zero-order valence-corrected chi connectivity index (χ0v) is 12.0. The highest BCUT2D eigenvalue weighted by Gasteiger charge is 2.38. The zero-order chi connectivity index (χ0) is 13.4. The molecule has 8 heteroatoms. The van der Waals surface area contributed by atoms with Crippen LogP contribution in [0.4, 0.5) is 0 Å². The number of rotatable bonds is 4. The van der Waals surface area contributed by atoms with Gasteiger partial charge in [0.05, 0.1) is 0 Å². The van der Waals surface area contributed by atoms with Crippen LogP contribution in [-0.4, -0.2) is 66.1 Å². The maximum absolute atomic E-state index is 11.2. The molecule has 0 aliphatic heterocycles. The van der Waals surface area contributed by atoms with Gasteiger partial charge in [0.1, 0.15) is 31.4 Å². The Balaban J connectivity index is 4.89. The fourth-order valence-electron chi connectivity index (χ4n) is 2.18. The zero-order valence-electron chi connectivity index (χ0n) is 12.0. The van der Waals surface area contributed by atoms with Gasteiger partial charge in [0.15, 0.2) is 7.98 Å². The first-order valence-corrected chi connectivity index (χ1v) is 5.78. The highest BCUT2D eigenvalue weighted by Crippen LogP contribution is 2.31. The van der Waals surface area contributed by atoms with Crippen molar-refractivity contribution in [2.45, 2.75) is 43.3 Å². The van der Waals surface area contributed by atoms with Gasteiger partial charge >= 0.3 is 0 Å². The Morgan fingerprint density at radius 2 is 1.56 bits per heavy atom. The SMILES string of the molecule is BN(C(C)(C)C)C(B)(B)CC(B)(B)C(=O)O. The van der Waals surface area contributed by atoms with E-state index in [4.69, 9.17) is 0 Å². The minimum atomic E-state index is -0.733. The molecule has 0 aromatic rings. The number of hydrogen-bond acceptors (Lipinski definition) is 2. The fourth-order valence-corrected chi connectivity index (χ4v) is 2.18. The van der Waals surface area contributed by atoms with Crippen LogP contribution >= 0.6 is 0 Å². The summed E-state index contributed by atoms with van der Waals surface area (Å²) in [6.07, 6.45) is 0.628. The van der Waals surface area contributed by atoms with E-state index in [9.17, 15) is 9.90 Å². The maximum atomic E-state index is 11.2. The van der Waals surface area contributed by atoms with E-state index < -0.39 is 11.2 Å². The fraction of sp³-hybridized carbons (Fsp3) is 0.875. The summed E-state index contributed by atoms with van der Waals surface area (Å²) in [7, 11) is 9.82. The summed E-state index contributed by atoms with van der Waals surface area (Å²) < 4.78 is 0. The quantitative estimate of drug-likeness (QED) is 0.496. The monoisotopic (exact) mass is 219 g/mol. The van der Waals surface area contributed by atoms with E-state index in [2.05, 4.69) is 49.3 Å². The van der Waals surface area contributed by atoms with Gasteiger partial charge in [-0.2, -0.15) is 0 Å². The first kappa shape index (κ1) is 15.8. The van der Waals surface area contributed by atoms with Gasteiger partial charge < -0.3 is 9.92 Å². The van der Waals surface area contributed by atoms with E-state index in [0.717, 1.165) is 0 Å². The summed E-state index contributed by atoms with van der Waals surface area (Å²) >= 11 is 0. The van der Waals surface area contributed by atoms with Crippen LogP contribution in [0.2, 0.25) is 5.21 Å². The lowest BCUT2D eigenvalue weighted by molar-refractivity contribution is -0.138. The van der Waals surface area contributed by atoms with E-state index in [1.54, 1.807) is 15.7 Å². The van der Waals surface area contributed by atoms with Crippen LogP contribution in [0, 0.1) is 0 Å². The second-order valence-electron chi connectivity index (χ2n) is 6.91. The van der Waals surface area contributed by atoms with Crippen LogP contribution < -0.4 is 0 Å². The number of carbonyl (C=O) groups is 1. The first-order valence-electron chi connectivity index (χ1n) is 5.78. The molecule has 0 spiro atoms. The summed E-state index contributed by atoms with van der Waals surface area (Å²) in [5.41, 5.74) is 0.0398. The van der Waals surface area contributed by atoms with E-state index in [-0.39, 0.29) is 10.9 Å². The molecule has 0 atom stereocenters. The molecule has 86 valence electrons. The van der Waals surface area contributed by atoms with E-state index in [0.29, 0.717) is 6.42 Å². The second-order valence-corrected chi connectivity index (χ2v) is 6.91. The van der Waals surface area contributed by atoms with Gasteiger partial charge in [-0.25, -0.2) is 0 Å². The van der Waals surface area contributed by atoms with Crippen molar-refractivity contribution in [3.05, 3.63) is 0 Å². The average Bonchev–Trinajstić information content (AvgIpc) is 1.98. The van der Waals surface area contributed by atoms with E-state index >= 15 is 0 Å². The van der Waals surface area contributed by atoms with Crippen LogP contribution in [-0.2, 0) is 4.79 Å². The molecule has 1 N–H and O–H groups in total. The predicted octanol–water partition coefficient (Wildman–Crippen LogP) is -3.59. The highest BCUT2D eigenvalue weighted by atomic mass is 16.4. The molecule has 0 unspecified atom stereocenters. The van der Waals surface area contributed by atoms with Gasteiger partial charge in [0.25, 0.3) is 5.97 Å². The molecule has 0 aromatic heterocycles. The van der Waals surface area contributed by atoms with Crippen molar-refractivity contribution in [3.8, 4) is 0 Å². The molecular weight excluding hydrogens is 196 g/mol. The van der Waals surface area contributed by atoms with Crippen LogP contribution in [0.15, 0.2) is 0 Å². The van der Waals surface area contributed by atoms with Crippen molar-refractivity contribution in [2.75, 3.05) is 0 Å². The van der Waals surface area contributed by atoms with Crippen molar-refractivity contribution in [2.24, 2.45) is 0 Å². The average molecular weight is 218 g/mol. The third-order valence-electron chi connectivity index (χ3n) is 3.37. The molecule has 3 nitrogen and oxygen atoms in total. The summed E-state index contributed by atoms with van der Waals surface area (Å²) in [5.74, 6) is -0.733. The molecule has 0 bridgehead atoms. The van der Waals surface area contributed by atoms with Crippen molar-refractivity contribution in [1.82, 2.24) is 4.81 Å². The molecule has 0 fully saturated rings. The third kappa shape index (κ3) is 3.97. The summed E-state index contributed by atoms with van der Waals surface area (Å²) in [4.78, 5) is 13.4. The van der Waals surface area contributed by atoms with E-state index in [1.807, 2.05) is 0 Å². The Kier molecular flexibility index (Phi) is 4.49. The Morgan fingerprint density at radius 1 is 1.19 bits per heavy atom. The molecule has 0 radical (unpaired) electrons. The lowest BCUT2D eigenvalue weighted by atomic mass is 9.43. The lowest BCUT2D eigenvalue weighted by Gasteiger charge is -2.48. The van der Waals surface area contributed by atoms with E-state index in [1.165, 1.54) is 0 Å². The number of carboxylic acid groups (broad SMARTS) is 1. The Labute approximate surface area is 104 Å². The van der Waals surface area contributed by atoms with Gasteiger partial charge in [-0.05, 0) is 27.2 Å². The number of hydrogen-bond donors (Lipinski definition) is 1. The van der Waals surface area contributed by atoms with Crippen LogP contribution in [0.5, 0.6) is 0 Å². The molecule has 16 heavy (non-hydrogen) atoms. The standard InChI is InChI=1S/C8H22B5NO2/c1-6(2,3)14(13)8(11,12)4-7(9,10)5(15)16/h4,9-13H2,1-3H3,(H,15,16). The number of carboxylic acids is 1. The van der Waals surface area contributed by atoms with Crippen LogP contribution in [0.25, 0.3) is 0 Å². The summed E-state index contributed by atoms with van der Waals surface area (Å²) in [5, 5.41) is 8.34. The third-order valence-corrected chi connectivity index (χ3v) is 3.37. The molecule has 0 heterocycles. The highest BCUT2D eigenvalue weighted by molar-refractivity contribution is 6.51. The second kappa shape index (κ2) is 4.56. The van der Waals surface area contributed by atoms with Crippen molar-refractivity contribution >= 4 is 45.3 Å². The Morgan fingerprint density at radius 3 is 1.81 bits per heavy atom. The first-order chi connectivity index (χ1) is 6.81. The van der Waals surface area contributed by atoms with Gasteiger partial charge in [-0.3, -0.25) is 4.79 Å². The molecule has 0 amide bonds. The Bertz CT molecular complexity index is 274. The largest absolute Gasteiger partial charge is 0.482 e. The minimum Gasteiger partial charge on any atom is -0.482 e. The van der Waals surface area contributed by atoms with Crippen molar-refractivity contribution < 1.29 is 9.90 Å². The molecule has 0 rings (SSSR count). The molecule has 0 aromatic carbocycles. The van der Waals surface area contributed by atoms with Crippen molar-refractivity contribution in [3.63, 3.8) is 0 Å². The lowest BCUT2D eigenvalue weighted by Crippen LogP contribution is -2.59. The molecule has 0 aliphatic rings. The van der Waals surface area contributed by atoms with Crippen LogP contribution in [0.3, 0.4) is 0 Å². The number of aliphatic carboxylic acids is 1. The van der Waals surface area contributed by atoms with Crippen LogP contribution in [0.1, 0.15) is 27.2 Å². The summed E-state index contributed by atoms with van der Waals surface area (Å²) in [6.45, 7) is 6.42. The molecule has 0 saturated carbocycles. The van der Waals surface area contributed by atoms with Gasteiger partial charge in [-0.15, -0.1) is 0 Å². The minimum absolute atomic E-state index is 0.0398. The van der Waals surface area contributed by atoms with Gasteiger partial charge in [-0.1, -0.05) is 5.34 Å².